The Hall–Kier alpha value is -1.99. The Morgan fingerprint density at radius 2 is 2.38 bits per heavy atom. The lowest BCUT2D eigenvalue weighted by Gasteiger charge is -2.25. The minimum Gasteiger partial charge on any atom is -0.336 e. The van der Waals surface area contributed by atoms with Crippen molar-refractivity contribution in [3.8, 4) is 0 Å². The second kappa shape index (κ2) is 7.72. The van der Waals surface area contributed by atoms with Gasteiger partial charge in [0.25, 0.3) is 5.56 Å². The van der Waals surface area contributed by atoms with Gasteiger partial charge in [0.1, 0.15) is 6.54 Å². The predicted molar refractivity (Wildman–Crippen MR) is 93.9 cm³/mol. The molecule has 1 unspecified atom stereocenters. The highest BCUT2D eigenvalue weighted by Gasteiger charge is 2.23. The molecule has 24 heavy (non-hydrogen) atoms. The Kier molecular flexibility index (Phi) is 5.42. The van der Waals surface area contributed by atoms with E-state index in [-0.39, 0.29) is 18.0 Å². The summed E-state index contributed by atoms with van der Waals surface area (Å²) in [4.78, 5) is 31.9. The van der Waals surface area contributed by atoms with Crippen LogP contribution in [0.2, 0.25) is 0 Å². The maximum Gasteiger partial charge on any atom is 0.250 e. The predicted octanol–water partition coefficient (Wildman–Crippen LogP) is 1.25. The third-order valence-electron chi connectivity index (χ3n) is 4.38. The van der Waals surface area contributed by atoms with Crippen molar-refractivity contribution in [3.05, 3.63) is 50.8 Å². The van der Waals surface area contributed by atoms with Gasteiger partial charge in [0.15, 0.2) is 0 Å². The van der Waals surface area contributed by atoms with Gasteiger partial charge < -0.3 is 14.8 Å². The monoisotopic (exact) mass is 346 g/mol. The number of rotatable bonds is 6. The van der Waals surface area contributed by atoms with E-state index in [4.69, 9.17) is 0 Å². The van der Waals surface area contributed by atoms with Crippen LogP contribution >= 0.6 is 11.3 Å². The zero-order valence-electron chi connectivity index (χ0n) is 13.8. The SMILES string of the molecule is Cc1ncsc1CN(CC1CCNC1)C(=O)Cn1ccccc1=O. The fourth-order valence-corrected chi connectivity index (χ4v) is 3.72. The van der Waals surface area contributed by atoms with Gasteiger partial charge in [-0.05, 0) is 38.4 Å². The normalized spacial score (nSPS) is 17.1. The summed E-state index contributed by atoms with van der Waals surface area (Å²) in [7, 11) is 0. The maximum absolute atomic E-state index is 12.8. The summed E-state index contributed by atoms with van der Waals surface area (Å²) in [6, 6.07) is 4.94. The molecule has 1 aliphatic heterocycles. The van der Waals surface area contributed by atoms with Crippen LogP contribution in [0.1, 0.15) is 17.0 Å². The number of carbonyl (C=O) groups is 1. The number of thiazole rings is 1. The topological polar surface area (TPSA) is 67.2 Å². The fourth-order valence-electron chi connectivity index (χ4n) is 2.92. The fraction of sp³-hybridized carbons (Fsp3) is 0.471. The van der Waals surface area contributed by atoms with E-state index in [1.165, 1.54) is 10.6 Å². The Bertz CT molecular complexity index is 749. The zero-order chi connectivity index (χ0) is 16.9. The van der Waals surface area contributed by atoms with Crippen LogP contribution in [-0.2, 0) is 17.9 Å². The quantitative estimate of drug-likeness (QED) is 0.855. The molecule has 7 heteroatoms. The molecule has 1 amide bonds. The summed E-state index contributed by atoms with van der Waals surface area (Å²) < 4.78 is 1.46. The Balaban J connectivity index is 1.74. The van der Waals surface area contributed by atoms with Gasteiger partial charge in [0.2, 0.25) is 5.91 Å². The zero-order valence-corrected chi connectivity index (χ0v) is 14.6. The molecule has 1 saturated heterocycles. The molecule has 1 fully saturated rings. The van der Waals surface area contributed by atoms with Gasteiger partial charge in [0, 0.05) is 23.7 Å². The van der Waals surface area contributed by atoms with Crippen molar-refractivity contribution in [3.63, 3.8) is 0 Å². The molecule has 1 N–H and O–H groups in total. The molecule has 6 nitrogen and oxygen atoms in total. The molecule has 1 aliphatic rings. The summed E-state index contributed by atoms with van der Waals surface area (Å²) in [6.07, 6.45) is 2.74. The van der Waals surface area contributed by atoms with Crippen molar-refractivity contribution >= 4 is 17.2 Å². The first-order chi connectivity index (χ1) is 11.6. The van der Waals surface area contributed by atoms with Crippen molar-refractivity contribution in [2.24, 2.45) is 5.92 Å². The standard InChI is InChI=1S/C17H22N4O2S/c1-13-15(24-12-19-13)10-21(9-14-5-6-18-8-14)17(23)11-20-7-3-2-4-16(20)22/h2-4,7,12,14,18H,5-6,8-11H2,1H3. The number of hydrogen-bond acceptors (Lipinski definition) is 5. The van der Waals surface area contributed by atoms with Gasteiger partial charge in [-0.25, -0.2) is 4.98 Å². The molecule has 1 atom stereocenters. The number of nitrogens with zero attached hydrogens (tertiary/aromatic N) is 3. The molecule has 3 rings (SSSR count). The van der Waals surface area contributed by atoms with Crippen LogP contribution in [0.3, 0.4) is 0 Å². The van der Waals surface area contributed by atoms with Crippen LogP contribution in [0, 0.1) is 12.8 Å². The van der Waals surface area contributed by atoms with Crippen LogP contribution in [0.15, 0.2) is 34.7 Å². The van der Waals surface area contributed by atoms with Crippen molar-refractivity contribution in [1.29, 1.82) is 0 Å². The highest BCUT2D eigenvalue weighted by molar-refractivity contribution is 7.09. The maximum atomic E-state index is 12.8. The molecule has 0 saturated carbocycles. The lowest BCUT2D eigenvalue weighted by atomic mass is 10.1. The molecule has 3 heterocycles. The molecule has 128 valence electrons. The Labute approximate surface area is 145 Å². The average molecular weight is 346 g/mol. The summed E-state index contributed by atoms with van der Waals surface area (Å²) in [6.45, 7) is 5.27. The molecule has 0 bridgehead atoms. The van der Waals surface area contributed by atoms with Crippen molar-refractivity contribution in [2.75, 3.05) is 19.6 Å². The van der Waals surface area contributed by atoms with Gasteiger partial charge in [-0.1, -0.05) is 6.07 Å². The highest BCUT2D eigenvalue weighted by atomic mass is 32.1. The second-order valence-electron chi connectivity index (χ2n) is 6.16. The molecule has 0 aliphatic carbocycles. The minimum atomic E-state index is -0.151. The minimum absolute atomic E-state index is 0.0250. The van der Waals surface area contributed by atoms with E-state index >= 15 is 0 Å². The van der Waals surface area contributed by atoms with E-state index in [0.29, 0.717) is 19.0 Å². The van der Waals surface area contributed by atoms with Crippen molar-refractivity contribution in [2.45, 2.75) is 26.4 Å². The van der Waals surface area contributed by atoms with Crippen LogP contribution in [-0.4, -0.2) is 40.0 Å². The summed E-state index contributed by atoms with van der Waals surface area (Å²) >= 11 is 1.57. The summed E-state index contributed by atoms with van der Waals surface area (Å²) in [5.41, 5.74) is 2.63. The molecule has 2 aromatic rings. The third kappa shape index (κ3) is 4.10. The number of aryl methyl sites for hydroxylation is 1. The number of pyridine rings is 1. The van der Waals surface area contributed by atoms with Crippen LogP contribution < -0.4 is 10.9 Å². The lowest BCUT2D eigenvalue weighted by Crippen LogP contribution is -2.39. The summed E-state index contributed by atoms with van der Waals surface area (Å²) in [5.74, 6) is 0.442. The van der Waals surface area contributed by atoms with Gasteiger partial charge in [-0.3, -0.25) is 9.59 Å². The van der Waals surface area contributed by atoms with Gasteiger partial charge >= 0.3 is 0 Å². The lowest BCUT2D eigenvalue weighted by molar-refractivity contribution is -0.133. The molecule has 0 radical (unpaired) electrons. The van der Waals surface area contributed by atoms with E-state index in [2.05, 4.69) is 10.3 Å². The van der Waals surface area contributed by atoms with E-state index < -0.39 is 0 Å². The molecular formula is C17H22N4O2S. The second-order valence-corrected chi connectivity index (χ2v) is 7.10. The first-order valence-corrected chi connectivity index (χ1v) is 9.04. The largest absolute Gasteiger partial charge is 0.336 e. The molecular weight excluding hydrogens is 324 g/mol. The molecule has 0 spiro atoms. The van der Waals surface area contributed by atoms with Crippen LogP contribution in [0.4, 0.5) is 0 Å². The smallest absolute Gasteiger partial charge is 0.250 e. The molecule has 0 aromatic carbocycles. The number of amides is 1. The average Bonchev–Trinajstić information content (AvgIpc) is 3.21. The van der Waals surface area contributed by atoms with Crippen molar-refractivity contribution < 1.29 is 4.79 Å². The van der Waals surface area contributed by atoms with E-state index in [1.807, 2.05) is 17.3 Å². The van der Waals surface area contributed by atoms with Gasteiger partial charge in [-0.15, -0.1) is 11.3 Å². The van der Waals surface area contributed by atoms with Gasteiger partial charge in [-0.2, -0.15) is 0 Å². The highest BCUT2D eigenvalue weighted by Crippen LogP contribution is 2.18. The summed E-state index contributed by atoms with van der Waals surface area (Å²) in [5, 5.41) is 3.34. The van der Waals surface area contributed by atoms with Crippen LogP contribution in [0.25, 0.3) is 0 Å². The number of nitrogens with one attached hydrogen (secondary N) is 1. The van der Waals surface area contributed by atoms with E-state index in [1.54, 1.807) is 29.7 Å². The van der Waals surface area contributed by atoms with Crippen LogP contribution in [0.5, 0.6) is 0 Å². The number of hydrogen-bond donors (Lipinski definition) is 1. The first-order valence-electron chi connectivity index (χ1n) is 8.16. The van der Waals surface area contributed by atoms with Gasteiger partial charge in [0.05, 0.1) is 17.7 Å². The first kappa shape index (κ1) is 16.9. The Morgan fingerprint density at radius 1 is 1.50 bits per heavy atom. The molecule has 2 aromatic heterocycles. The number of carbonyl (C=O) groups excluding carboxylic acids is 1. The van der Waals surface area contributed by atoms with E-state index in [0.717, 1.165) is 30.1 Å². The number of aromatic nitrogens is 2. The third-order valence-corrected chi connectivity index (χ3v) is 5.30. The van der Waals surface area contributed by atoms with Crippen molar-refractivity contribution in [1.82, 2.24) is 19.8 Å². The van der Waals surface area contributed by atoms with E-state index in [9.17, 15) is 9.59 Å². The Morgan fingerprint density at radius 3 is 3.04 bits per heavy atom.